The first-order valence-corrected chi connectivity index (χ1v) is 11.1. The summed E-state index contributed by atoms with van der Waals surface area (Å²) in [6.45, 7) is 2.27. The van der Waals surface area contributed by atoms with Crippen LogP contribution < -0.4 is 0 Å². The summed E-state index contributed by atoms with van der Waals surface area (Å²) in [5.41, 5.74) is 0. The number of unbranched alkanes of at least 4 members (excludes halogenated alkanes) is 4. The van der Waals surface area contributed by atoms with E-state index in [4.69, 9.17) is 5.11 Å². The minimum absolute atomic E-state index is 0.293. The fourth-order valence-corrected chi connectivity index (χ4v) is 5.67. The normalized spacial score (nSPS) is 21.7. The molecule has 0 amide bonds. The van der Waals surface area contributed by atoms with E-state index in [0.717, 1.165) is 24.7 Å². The van der Waals surface area contributed by atoms with Crippen molar-refractivity contribution < 1.29 is 9.90 Å². The van der Waals surface area contributed by atoms with Gasteiger partial charge in [-0.05, 0) is 60.5 Å². The van der Waals surface area contributed by atoms with Gasteiger partial charge in [0.15, 0.2) is 0 Å². The van der Waals surface area contributed by atoms with Gasteiger partial charge in [-0.15, -0.1) is 0 Å². The topological polar surface area (TPSA) is 37.3 Å². The first-order valence-electron chi connectivity index (χ1n) is 8.76. The lowest BCUT2D eigenvalue weighted by Gasteiger charge is -2.16. The monoisotopic (exact) mass is 344 g/mol. The molecular formula is C18H32O2S2. The Labute approximate surface area is 144 Å². The van der Waals surface area contributed by atoms with Gasteiger partial charge in [0.05, 0.1) is 0 Å². The number of thioether (sulfide) groups is 2. The Morgan fingerprint density at radius 2 is 2.00 bits per heavy atom. The third-order valence-electron chi connectivity index (χ3n) is 4.17. The van der Waals surface area contributed by atoms with E-state index in [-0.39, 0.29) is 0 Å². The molecular weight excluding hydrogens is 312 g/mol. The van der Waals surface area contributed by atoms with Crippen LogP contribution in [0.5, 0.6) is 0 Å². The lowest BCUT2D eigenvalue weighted by Crippen LogP contribution is -2.14. The molecule has 0 aromatic carbocycles. The van der Waals surface area contributed by atoms with Crippen molar-refractivity contribution in [1.29, 1.82) is 0 Å². The molecule has 1 N–H and O–H groups in total. The van der Waals surface area contributed by atoms with Gasteiger partial charge in [-0.2, -0.15) is 23.5 Å². The molecule has 0 bridgehead atoms. The number of hydrogen-bond acceptors (Lipinski definition) is 3. The Bertz CT molecular complexity index is 318. The summed E-state index contributed by atoms with van der Waals surface area (Å²) in [5, 5.41) is 8.60. The number of carboxylic acids is 1. The predicted octanol–water partition coefficient (Wildman–Crippen LogP) is 5.48. The van der Waals surface area contributed by atoms with Gasteiger partial charge >= 0.3 is 5.97 Å². The van der Waals surface area contributed by atoms with E-state index in [1.807, 2.05) is 0 Å². The zero-order valence-electron chi connectivity index (χ0n) is 14.0. The molecule has 1 saturated heterocycles. The second-order valence-electron chi connectivity index (χ2n) is 6.19. The van der Waals surface area contributed by atoms with E-state index < -0.39 is 5.97 Å². The molecule has 2 atom stereocenters. The highest BCUT2D eigenvalue weighted by Crippen LogP contribution is 2.34. The molecule has 0 aromatic heterocycles. The molecule has 1 rings (SSSR count). The molecule has 0 saturated carbocycles. The minimum atomic E-state index is -0.684. The van der Waals surface area contributed by atoms with Crippen LogP contribution >= 0.6 is 23.5 Å². The highest BCUT2D eigenvalue weighted by molar-refractivity contribution is 8.00. The van der Waals surface area contributed by atoms with Gasteiger partial charge in [0.1, 0.15) is 0 Å². The lowest BCUT2D eigenvalue weighted by atomic mass is 9.94. The standard InChI is InChI=1S/C18H32O2S2/c1-2-3-4-9-12-21-14-17-15-22-13-16(17)10-7-5-6-8-11-18(19)20/h5,7,16-17H,2-4,6,8-15H2,1H3,(H,19,20)/b7-5-/t16-,17-/m1/s1. The fraction of sp³-hybridized carbons (Fsp3) is 0.833. The van der Waals surface area contributed by atoms with E-state index in [1.54, 1.807) is 0 Å². The second-order valence-corrected chi connectivity index (χ2v) is 8.41. The Hall–Kier alpha value is -0.0900. The molecule has 22 heavy (non-hydrogen) atoms. The summed E-state index contributed by atoms with van der Waals surface area (Å²) in [4.78, 5) is 10.4. The van der Waals surface area contributed by atoms with Crippen LogP contribution in [0, 0.1) is 11.8 Å². The maximum atomic E-state index is 10.4. The van der Waals surface area contributed by atoms with Gasteiger partial charge in [0.2, 0.25) is 0 Å². The van der Waals surface area contributed by atoms with Gasteiger partial charge in [0.25, 0.3) is 0 Å². The molecule has 1 heterocycles. The SMILES string of the molecule is CCCCCCSC[C@@H]1CSC[C@H]1C/C=C\CCCC(=O)O. The molecule has 4 heteroatoms. The zero-order chi connectivity index (χ0) is 16.0. The van der Waals surface area contributed by atoms with E-state index in [0.29, 0.717) is 6.42 Å². The van der Waals surface area contributed by atoms with Crippen LogP contribution in [-0.2, 0) is 4.79 Å². The van der Waals surface area contributed by atoms with Crippen LogP contribution in [0.4, 0.5) is 0 Å². The summed E-state index contributed by atoms with van der Waals surface area (Å²) in [7, 11) is 0. The van der Waals surface area contributed by atoms with Gasteiger partial charge in [-0.3, -0.25) is 4.79 Å². The number of rotatable bonds is 13. The third kappa shape index (κ3) is 9.83. The van der Waals surface area contributed by atoms with Crippen molar-refractivity contribution >= 4 is 29.5 Å². The predicted molar refractivity (Wildman–Crippen MR) is 101 cm³/mol. The van der Waals surface area contributed by atoms with Crippen LogP contribution in [-0.4, -0.2) is 34.1 Å². The number of allylic oxidation sites excluding steroid dienone is 2. The van der Waals surface area contributed by atoms with E-state index in [1.165, 1.54) is 55.1 Å². The highest BCUT2D eigenvalue weighted by Gasteiger charge is 2.26. The summed E-state index contributed by atoms with van der Waals surface area (Å²) >= 11 is 4.26. The number of hydrogen-bond donors (Lipinski definition) is 1. The van der Waals surface area contributed by atoms with Gasteiger partial charge in [-0.1, -0.05) is 38.3 Å². The van der Waals surface area contributed by atoms with E-state index in [2.05, 4.69) is 42.6 Å². The van der Waals surface area contributed by atoms with E-state index in [9.17, 15) is 4.79 Å². The van der Waals surface area contributed by atoms with Crippen LogP contribution in [0.2, 0.25) is 0 Å². The molecule has 1 aliphatic rings. The molecule has 0 aromatic rings. The van der Waals surface area contributed by atoms with Crippen LogP contribution in [0.3, 0.4) is 0 Å². The summed E-state index contributed by atoms with van der Waals surface area (Å²) in [6, 6.07) is 0. The van der Waals surface area contributed by atoms with Crippen LogP contribution in [0.1, 0.15) is 58.3 Å². The van der Waals surface area contributed by atoms with Crippen LogP contribution in [0.25, 0.3) is 0 Å². The lowest BCUT2D eigenvalue weighted by molar-refractivity contribution is -0.137. The molecule has 0 unspecified atom stereocenters. The van der Waals surface area contributed by atoms with Crippen molar-refractivity contribution in [2.45, 2.75) is 58.3 Å². The average Bonchev–Trinajstić information content (AvgIpc) is 2.93. The maximum Gasteiger partial charge on any atom is 0.303 e. The maximum absolute atomic E-state index is 10.4. The zero-order valence-corrected chi connectivity index (χ0v) is 15.6. The number of carbonyl (C=O) groups is 1. The second kappa shape index (κ2) is 13.4. The highest BCUT2D eigenvalue weighted by atomic mass is 32.2. The Morgan fingerprint density at radius 1 is 1.18 bits per heavy atom. The molecule has 2 nitrogen and oxygen atoms in total. The number of carboxylic acid groups (broad SMARTS) is 1. The van der Waals surface area contributed by atoms with Crippen molar-refractivity contribution in [3.63, 3.8) is 0 Å². The molecule has 1 aliphatic heterocycles. The van der Waals surface area contributed by atoms with Gasteiger partial charge in [-0.25, -0.2) is 0 Å². The van der Waals surface area contributed by atoms with Crippen molar-refractivity contribution in [1.82, 2.24) is 0 Å². The minimum Gasteiger partial charge on any atom is -0.481 e. The molecule has 128 valence electrons. The average molecular weight is 345 g/mol. The first kappa shape index (κ1) is 20.0. The molecule has 1 fully saturated rings. The van der Waals surface area contributed by atoms with Crippen molar-refractivity contribution in [2.24, 2.45) is 11.8 Å². The molecule has 0 radical (unpaired) electrons. The molecule has 0 aliphatic carbocycles. The van der Waals surface area contributed by atoms with Crippen molar-refractivity contribution in [3.05, 3.63) is 12.2 Å². The fourth-order valence-electron chi connectivity index (χ4n) is 2.71. The Balaban J connectivity index is 2.07. The smallest absolute Gasteiger partial charge is 0.303 e. The summed E-state index contributed by atoms with van der Waals surface area (Å²) in [5.74, 6) is 6.33. The summed E-state index contributed by atoms with van der Waals surface area (Å²) < 4.78 is 0. The van der Waals surface area contributed by atoms with Crippen molar-refractivity contribution in [2.75, 3.05) is 23.0 Å². The van der Waals surface area contributed by atoms with E-state index >= 15 is 0 Å². The third-order valence-corrected chi connectivity index (χ3v) is 6.74. The summed E-state index contributed by atoms with van der Waals surface area (Å²) in [6.07, 6.45) is 13.1. The van der Waals surface area contributed by atoms with Crippen LogP contribution in [0.15, 0.2) is 12.2 Å². The largest absolute Gasteiger partial charge is 0.481 e. The first-order chi connectivity index (χ1) is 10.7. The van der Waals surface area contributed by atoms with Crippen molar-refractivity contribution in [3.8, 4) is 0 Å². The number of aliphatic carboxylic acids is 1. The quantitative estimate of drug-likeness (QED) is 0.354. The van der Waals surface area contributed by atoms with Gasteiger partial charge in [0, 0.05) is 6.42 Å². The Morgan fingerprint density at radius 3 is 2.77 bits per heavy atom. The Kier molecular flexibility index (Phi) is 12.1. The van der Waals surface area contributed by atoms with Gasteiger partial charge < -0.3 is 5.11 Å². The molecule has 0 spiro atoms.